The molecule has 0 aliphatic heterocycles. The van der Waals surface area contributed by atoms with Crippen molar-refractivity contribution in [1.82, 2.24) is 0 Å². The lowest BCUT2D eigenvalue weighted by Crippen LogP contribution is -2.12. The summed E-state index contributed by atoms with van der Waals surface area (Å²) < 4.78 is 9.17. The Hall–Kier alpha value is -1.32. The molecular weight excluding hydrogens is 160 g/mol. The summed E-state index contributed by atoms with van der Waals surface area (Å²) in [6.45, 7) is 4.76. The normalized spacial score (nSPS) is 10.8. The van der Waals surface area contributed by atoms with Crippen molar-refractivity contribution < 1.29 is 19.1 Å². The van der Waals surface area contributed by atoms with Gasteiger partial charge >= 0.3 is 11.9 Å². The van der Waals surface area contributed by atoms with Crippen LogP contribution in [0.2, 0.25) is 0 Å². The largest absolute Gasteiger partial charge is 0.460 e. The molecule has 0 atom stereocenters. The highest BCUT2D eigenvalue weighted by Gasteiger charge is 2.12. The number of hydrogen-bond donors (Lipinski definition) is 0. The Kier molecular flexibility index (Phi) is 4.76. The topological polar surface area (TPSA) is 52.6 Å². The fourth-order valence-electron chi connectivity index (χ4n) is 0.576. The van der Waals surface area contributed by atoms with Gasteiger partial charge in [-0.3, -0.25) is 4.79 Å². The first-order valence-corrected chi connectivity index (χ1v) is 3.63. The average Bonchev–Trinajstić information content (AvgIpc) is 2.00. The van der Waals surface area contributed by atoms with E-state index in [0.717, 1.165) is 0 Å². The van der Waals surface area contributed by atoms with Gasteiger partial charge in [-0.15, -0.1) is 0 Å². The number of hydrogen-bond acceptors (Lipinski definition) is 4. The Balaban J connectivity index is 4.17. The first-order valence-electron chi connectivity index (χ1n) is 3.63. The molecule has 0 N–H and O–H groups in total. The van der Waals surface area contributed by atoms with Crippen LogP contribution in [-0.2, 0) is 19.1 Å². The van der Waals surface area contributed by atoms with E-state index in [0.29, 0.717) is 0 Å². The van der Waals surface area contributed by atoms with Crippen molar-refractivity contribution in [3.63, 3.8) is 0 Å². The Morgan fingerprint density at radius 2 is 2.00 bits per heavy atom. The highest BCUT2D eigenvalue weighted by molar-refractivity contribution is 5.89. The van der Waals surface area contributed by atoms with Gasteiger partial charge in [0.25, 0.3) is 0 Å². The molecule has 0 fully saturated rings. The van der Waals surface area contributed by atoms with Crippen LogP contribution in [0.4, 0.5) is 0 Å². The molecule has 0 aliphatic carbocycles. The first-order chi connectivity index (χ1) is 5.61. The third-order valence-corrected chi connectivity index (χ3v) is 0.992. The molecule has 0 aromatic heterocycles. The van der Waals surface area contributed by atoms with Gasteiger partial charge in [0.05, 0.1) is 6.61 Å². The van der Waals surface area contributed by atoms with E-state index in [9.17, 15) is 9.59 Å². The van der Waals surface area contributed by atoms with Gasteiger partial charge in [-0.25, -0.2) is 4.79 Å². The monoisotopic (exact) mass is 172 g/mol. The molecule has 0 spiro atoms. The molecular formula is C8H12O4. The molecule has 0 unspecified atom stereocenters. The second kappa shape index (κ2) is 5.35. The number of rotatable bonds is 3. The van der Waals surface area contributed by atoms with Crippen LogP contribution in [0.3, 0.4) is 0 Å². The molecule has 0 saturated carbocycles. The molecule has 0 rings (SSSR count). The molecule has 0 radical (unpaired) electrons. The number of esters is 2. The van der Waals surface area contributed by atoms with Gasteiger partial charge in [0.15, 0.2) is 0 Å². The molecule has 0 amide bonds. The molecule has 0 heterocycles. The zero-order valence-corrected chi connectivity index (χ0v) is 7.42. The van der Waals surface area contributed by atoms with Crippen LogP contribution in [0.15, 0.2) is 11.8 Å². The lowest BCUT2D eigenvalue weighted by Gasteiger charge is -2.04. The van der Waals surface area contributed by atoms with E-state index in [-0.39, 0.29) is 12.4 Å². The van der Waals surface area contributed by atoms with E-state index < -0.39 is 11.9 Å². The fraction of sp³-hybridized carbons (Fsp3) is 0.500. The second-order valence-electron chi connectivity index (χ2n) is 1.97. The van der Waals surface area contributed by atoms with E-state index in [2.05, 4.69) is 9.47 Å². The molecule has 0 bridgehead atoms. The molecule has 0 saturated heterocycles. The van der Waals surface area contributed by atoms with Crippen molar-refractivity contribution in [2.24, 2.45) is 0 Å². The van der Waals surface area contributed by atoms with Crippen molar-refractivity contribution in [2.75, 3.05) is 6.61 Å². The highest BCUT2D eigenvalue weighted by Crippen LogP contribution is 2.00. The predicted octanol–water partition coefficient (Wildman–Crippen LogP) is 1.02. The van der Waals surface area contributed by atoms with Gasteiger partial charge in [0.1, 0.15) is 0 Å². The Bertz CT molecular complexity index is 205. The lowest BCUT2D eigenvalue weighted by atomic mass is 10.4. The summed E-state index contributed by atoms with van der Waals surface area (Å²) in [5.74, 6) is -1.21. The second-order valence-corrected chi connectivity index (χ2v) is 1.97. The van der Waals surface area contributed by atoms with Crippen molar-refractivity contribution in [3.8, 4) is 0 Å². The van der Waals surface area contributed by atoms with Gasteiger partial charge in [0, 0.05) is 6.92 Å². The third-order valence-electron chi connectivity index (χ3n) is 0.992. The van der Waals surface area contributed by atoms with Crippen LogP contribution in [0.25, 0.3) is 0 Å². The van der Waals surface area contributed by atoms with Crippen molar-refractivity contribution in [3.05, 3.63) is 11.8 Å². The number of carbonyl (C=O) groups is 2. The molecule has 12 heavy (non-hydrogen) atoms. The summed E-state index contributed by atoms with van der Waals surface area (Å²) in [5.41, 5.74) is 0. The minimum absolute atomic E-state index is 0.0654. The minimum atomic E-state index is -0.616. The summed E-state index contributed by atoms with van der Waals surface area (Å²) >= 11 is 0. The van der Waals surface area contributed by atoms with Crippen LogP contribution in [0.1, 0.15) is 20.8 Å². The smallest absolute Gasteiger partial charge is 0.374 e. The molecule has 68 valence electrons. The van der Waals surface area contributed by atoms with Gasteiger partial charge in [0.2, 0.25) is 5.76 Å². The van der Waals surface area contributed by atoms with Crippen molar-refractivity contribution in [2.45, 2.75) is 20.8 Å². The zero-order chi connectivity index (χ0) is 9.56. The van der Waals surface area contributed by atoms with Crippen molar-refractivity contribution in [1.29, 1.82) is 0 Å². The highest BCUT2D eigenvalue weighted by atomic mass is 16.6. The predicted molar refractivity (Wildman–Crippen MR) is 42.2 cm³/mol. The number of allylic oxidation sites excluding steroid dienone is 1. The Morgan fingerprint density at radius 1 is 1.42 bits per heavy atom. The quantitative estimate of drug-likeness (QED) is 0.362. The number of carbonyl (C=O) groups excluding carboxylic acids is 2. The van der Waals surface area contributed by atoms with Crippen LogP contribution < -0.4 is 0 Å². The maximum absolute atomic E-state index is 10.9. The third kappa shape index (κ3) is 3.75. The van der Waals surface area contributed by atoms with Gasteiger partial charge in [-0.05, 0) is 19.9 Å². The van der Waals surface area contributed by atoms with E-state index in [1.54, 1.807) is 13.8 Å². The summed E-state index contributed by atoms with van der Waals surface area (Å²) in [7, 11) is 0. The summed E-state index contributed by atoms with van der Waals surface area (Å²) in [6.07, 6.45) is 1.39. The summed E-state index contributed by atoms with van der Waals surface area (Å²) in [6, 6.07) is 0. The molecule has 0 aromatic carbocycles. The first kappa shape index (κ1) is 10.7. The van der Waals surface area contributed by atoms with Gasteiger partial charge in [-0.1, -0.05) is 0 Å². The zero-order valence-electron chi connectivity index (χ0n) is 7.42. The standard InChI is InChI=1S/C8H12O4/c1-4-7(12-6(3)9)8(10)11-5-2/h4H,5H2,1-3H3. The molecule has 4 heteroatoms. The van der Waals surface area contributed by atoms with Crippen LogP contribution in [-0.4, -0.2) is 18.5 Å². The number of ether oxygens (including phenoxy) is 2. The maximum Gasteiger partial charge on any atom is 0.374 e. The van der Waals surface area contributed by atoms with E-state index in [1.165, 1.54) is 13.0 Å². The Labute approximate surface area is 71.2 Å². The van der Waals surface area contributed by atoms with Crippen LogP contribution in [0.5, 0.6) is 0 Å². The lowest BCUT2D eigenvalue weighted by molar-refractivity contribution is -0.150. The average molecular weight is 172 g/mol. The Morgan fingerprint density at radius 3 is 2.33 bits per heavy atom. The van der Waals surface area contributed by atoms with Crippen LogP contribution in [0, 0.1) is 0 Å². The molecule has 0 aromatic rings. The van der Waals surface area contributed by atoms with E-state index in [1.807, 2.05) is 0 Å². The summed E-state index contributed by atoms with van der Waals surface area (Å²) in [5, 5.41) is 0. The van der Waals surface area contributed by atoms with Gasteiger partial charge < -0.3 is 9.47 Å². The minimum Gasteiger partial charge on any atom is -0.460 e. The molecule has 0 aliphatic rings. The maximum atomic E-state index is 10.9. The summed E-state index contributed by atoms with van der Waals surface area (Å²) in [4.78, 5) is 21.4. The van der Waals surface area contributed by atoms with Crippen LogP contribution >= 0.6 is 0 Å². The SMILES string of the molecule is CC=C(OC(C)=O)C(=O)OCC. The fourth-order valence-corrected chi connectivity index (χ4v) is 0.576. The van der Waals surface area contributed by atoms with E-state index in [4.69, 9.17) is 0 Å². The van der Waals surface area contributed by atoms with Gasteiger partial charge in [-0.2, -0.15) is 0 Å². The van der Waals surface area contributed by atoms with E-state index >= 15 is 0 Å². The van der Waals surface area contributed by atoms with Crippen molar-refractivity contribution >= 4 is 11.9 Å². The molecule has 4 nitrogen and oxygen atoms in total.